The largest absolute Gasteiger partial charge is 0.330 e. The van der Waals surface area contributed by atoms with Crippen molar-refractivity contribution >= 4 is 10.8 Å². The lowest BCUT2D eigenvalue weighted by Crippen LogP contribution is -2.12. The van der Waals surface area contributed by atoms with E-state index in [-0.39, 0.29) is 0 Å². The smallest absolute Gasteiger partial charge is 0.00483 e. The molecule has 0 radical (unpaired) electrons. The SMILES string of the molecule is Cc1ccc2cc(CC(C)CN)ccc2c1. The Hall–Kier alpha value is -1.34. The van der Waals surface area contributed by atoms with Crippen LogP contribution in [0, 0.1) is 12.8 Å². The van der Waals surface area contributed by atoms with Gasteiger partial charge >= 0.3 is 0 Å². The van der Waals surface area contributed by atoms with Gasteiger partial charge in [-0.15, -0.1) is 0 Å². The predicted octanol–water partition coefficient (Wildman–Crippen LogP) is 3.29. The maximum atomic E-state index is 5.65. The third kappa shape index (κ3) is 2.42. The van der Waals surface area contributed by atoms with Gasteiger partial charge in [-0.25, -0.2) is 0 Å². The summed E-state index contributed by atoms with van der Waals surface area (Å²) in [5.74, 6) is 0.558. The van der Waals surface area contributed by atoms with E-state index in [0.29, 0.717) is 5.92 Å². The molecule has 2 rings (SSSR count). The first-order valence-electron chi connectivity index (χ1n) is 5.88. The van der Waals surface area contributed by atoms with Gasteiger partial charge in [0.1, 0.15) is 0 Å². The summed E-state index contributed by atoms with van der Waals surface area (Å²) in [5.41, 5.74) is 8.35. The van der Waals surface area contributed by atoms with Crippen LogP contribution in [0.3, 0.4) is 0 Å². The van der Waals surface area contributed by atoms with E-state index in [2.05, 4.69) is 50.2 Å². The summed E-state index contributed by atoms with van der Waals surface area (Å²) in [5, 5.41) is 2.65. The normalized spacial score (nSPS) is 12.9. The molecule has 0 aliphatic rings. The van der Waals surface area contributed by atoms with Crippen LogP contribution in [-0.2, 0) is 6.42 Å². The van der Waals surface area contributed by atoms with Gasteiger partial charge in [-0.2, -0.15) is 0 Å². The molecule has 2 N–H and O–H groups in total. The zero-order chi connectivity index (χ0) is 11.5. The Bertz CT molecular complexity index is 488. The van der Waals surface area contributed by atoms with Crippen molar-refractivity contribution in [3.05, 3.63) is 47.5 Å². The summed E-state index contributed by atoms with van der Waals surface area (Å²) < 4.78 is 0. The summed E-state index contributed by atoms with van der Waals surface area (Å²) in [6, 6.07) is 13.3. The number of aryl methyl sites for hydroxylation is 1. The van der Waals surface area contributed by atoms with Gasteiger partial charge in [0.05, 0.1) is 0 Å². The highest BCUT2D eigenvalue weighted by atomic mass is 14.5. The van der Waals surface area contributed by atoms with Crippen molar-refractivity contribution in [2.24, 2.45) is 11.7 Å². The van der Waals surface area contributed by atoms with Gasteiger partial charge in [0, 0.05) is 0 Å². The minimum absolute atomic E-state index is 0.558. The lowest BCUT2D eigenvalue weighted by molar-refractivity contribution is 0.593. The summed E-state index contributed by atoms with van der Waals surface area (Å²) >= 11 is 0. The minimum atomic E-state index is 0.558. The lowest BCUT2D eigenvalue weighted by Gasteiger charge is -2.09. The topological polar surface area (TPSA) is 26.0 Å². The highest BCUT2D eigenvalue weighted by Gasteiger charge is 2.02. The highest BCUT2D eigenvalue weighted by Crippen LogP contribution is 2.19. The molecule has 1 unspecified atom stereocenters. The van der Waals surface area contributed by atoms with E-state index in [1.54, 1.807) is 0 Å². The standard InChI is InChI=1S/C15H19N/c1-11-3-5-15-9-13(7-12(2)10-16)4-6-14(15)8-11/h3-6,8-9,12H,7,10,16H2,1-2H3. The molecule has 0 heterocycles. The van der Waals surface area contributed by atoms with Crippen LogP contribution in [-0.4, -0.2) is 6.54 Å². The van der Waals surface area contributed by atoms with E-state index in [9.17, 15) is 0 Å². The van der Waals surface area contributed by atoms with Crippen molar-refractivity contribution in [3.8, 4) is 0 Å². The molecule has 1 nitrogen and oxygen atoms in total. The van der Waals surface area contributed by atoms with Crippen molar-refractivity contribution < 1.29 is 0 Å². The zero-order valence-corrected chi connectivity index (χ0v) is 10.0. The van der Waals surface area contributed by atoms with E-state index in [1.165, 1.54) is 21.9 Å². The Kier molecular flexibility index (Phi) is 3.25. The van der Waals surface area contributed by atoms with Gasteiger partial charge in [-0.1, -0.05) is 48.9 Å². The second-order valence-electron chi connectivity index (χ2n) is 4.73. The Morgan fingerprint density at radius 1 is 1.06 bits per heavy atom. The molecule has 0 spiro atoms. The van der Waals surface area contributed by atoms with Crippen molar-refractivity contribution in [2.45, 2.75) is 20.3 Å². The maximum absolute atomic E-state index is 5.65. The van der Waals surface area contributed by atoms with Crippen molar-refractivity contribution in [1.82, 2.24) is 0 Å². The van der Waals surface area contributed by atoms with E-state index >= 15 is 0 Å². The molecule has 0 aliphatic carbocycles. The monoisotopic (exact) mass is 213 g/mol. The second kappa shape index (κ2) is 4.67. The first-order valence-corrected chi connectivity index (χ1v) is 5.88. The van der Waals surface area contributed by atoms with Crippen molar-refractivity contribution in [1.29, 1.82) is 0 Å². The molecule has 0 saturated carbocycles. The van der Waals surface area contributed by atoms with Gasteiger partial charge in [0.15, 0.2) is 0 Å². The Labute approximate surface area is 97.3 Å². The number of nitrogens with two attached hydrogens (primary N) is 1. The molecular formula is C15H19N. The third-order valence-corrected chi connectivity index (χ3v) is 3.05. The van der Waals surface area contributed by atoms with Crippen LogP contribution in [0.25, 0.3) is 10.8 Å². The fraction of sp³-hybridized carbons (Fsp3) is 0.333. The molecule has 84 valence electrons. The number of rotatable bonds is 3. The molecule has 0 bridgehead atoms. The lowest BCUT2D eigenvalue weighted by atomic mass is 9.98. The average molecular weight is 213 g/mol. The van der Waals surface area contributed by atoms with E-state index in [4.69, 9.17) is 5.73 Å². The van der Waals surface area contributed by atoms with Crippen LogP contribution in [0.4, 0.5) is 0 Å². The first-order chi connectivity index (χ1) is 7.69. The number of hydrogen-bond donors (Lipinski definition) is 1. The Morgan fingerprint density at radius 2 is 1.75 bits per heavy atom. The van der Waals surface area contributed by atoms with E-state index < -0.39 is 0 Å². The molecule has 16 heavy (non-hydrogen) atoms. The first kappa shape index (κ1) is 11.2. The molecule has 1 heteroatoms. The molecule has 0 amide bonds. The summed E-state index contributed by atoms with van der Waals surface area (Å²) in [4.78, 5) is 0. The molecular weight excluding hydrogens is 194 g/mol. The fourth-order valence-electron chi connectivity index (χ4n) is 2.03. The van der Waals surface area contributed by atoms with Crippen LogP contribution in [0.2, 0.25) is 0 Å². The van der Waals surface area contributed by atoms with Crippen molar-refractivity contribution in [3.63, 3.8) is 0 Å². The molecule has 2 aromatic rings. The van der Waals surface area contributed by atoms with E-state index in [0.717, 1.165) is 13.0 Å². The van der Waals surface area contributed by atoms with Gasteiger partial charge in [-0.3, -0.25) is 0 Å². The van der Waals surface area contributed by atoms with Crippen LogP contribution >= 0.6 is 0 Å². The van der Waals surface area contributed by atoms with Crippen LogP contribution < -0.4 is 5.73 Å². The summed E-state index contributed by atoms with van der Waals surface area (Å²) in [6.45, 7) is 5.08. The molecule has 1 atom stereocenters. The number of benzene rings is 2. The van der Waals surface area contributed by atoms with Gasteiger partial charge in [0.2, 0.25) is 0 Å². The molecule has 2 aromatic carbocycles. The van der Waals surface area contributed by atoms with Crippen molar-refractivity contribution in [2.75, 3.05) is 6.54 Å². The van der Waals surface area contributed by atoms with Gasteiger partial charge in [0.25, 0.3) is 0 Å². The third-order valence-electron chi connectivity index (χ3n) is 3.05. The Morgan fingerprint density at radius 3 is 2.50 bits per heavy atom. The molecule has 0 saturated heterocycles. The summed E-state index contributed by atoms with van der Waals surface area (Å²) in [7, 11) is 0. The van der Waals surface area contributed by atoms with Crippen LogP contribution in [0.1, 0.15) is 18.1 Å². The van der Waals surface area contributed by atoms with Gasteiger partial charge < -0.3 is 5.73 Å². The molecule has 0 fully saturated rings. The van der Waals surface area contributed by atoms with Crippen LogP contribution in [0.5, 0.6) is 0 Å². The maximum Gasteiger partial charge on any atom is -0.00483 e. The fourth-order valence-corrected chi connectivity index (χ4v) is 2.03. The summed E-state index contributed by atoms with van der Waals surface area (Å²) in [6.07, 6.45) is 1.07. The average Bonchev–Trinajstić information content (AvgIpc) is 2.29. The minimum Gasteiger partial charge on any atom is -0.330 e. The Balaban J connectivity index is 2.33. The second-order valence-corrected chi connectivity index (χ2v) is 4.73. The highest BCUT2D eigenvalue weighted by molar-refractivity contribution is 5.83. The number of hydrogen-bond acceptors (Lipinski definition) is 1. The van der Waals surface area contributed by atoms with Crippen LogP contribution in [0.15, 0.2) is 36.4 Å². The number of fused-ring (bicyclic) bond motifs is 1. The predicted molar refractivity (Wildman–Crippen MR) is 70.6 cm³/mol. The zero-order valence-electron chi connectivity index (χ0n) is 10.0. The molecule has 0 aliphatic heterocycles. The quantitative estimate of drug-likeness (QED) is 0.832. The molecule has 0 aromatic heterocycles. The van der Waals surface area contributed by atoms with Gasteiger partial charge in [-0.05, 0) is 42.1 Å². The van der Waals surface area contributed by atoms with E-state index in [1.807, 2.05) is 0 Å².